The molecule has 0 atom stereocenters. The first kappa shape index (κ1) is 15.9. The molecule has 0 saturated carbocycles. The summed E-state index contributed by atoms with van der Waals surface area (Å²) < 4.78 is 6.29. The van der Waals surface area contributed by atoms with Gasteiger partial charge in [-0.2, -0.15) is 0 Å². The third-order valence-corrected chi connectivity index (χ3v) is 4.17. The average Bonchev–Trinajstić information content (AvgIpc) is 2.50. The Kier molecular flexibility index (Phi) is 5.65. The second kappa shape index (κ2) is 7.48. The molecule has 0 aliphatic heterocycles. The Labute approximate surface area is 137 Å². The Morgan fingerprint density at radius 1 is 1.24 bits per heavy atom. The van der Waals surface area contributed by atoms with E-state index in [2.05, 4.69) is 15.9 Å². The molecule has 0 spiro atoms. The van der Waals surface area contributed by atoms with Crippen molar-refractivity contribution < 1.29 is 9.53 Å². The summed E-state index contributed by atoms with van der Waals surface area (Å²) in [7, 11) is 1.75. The molecule has 5 heteroatoms. The van der Waals surface area contributed by atoms with Crippen LogP contribution in [-0.4, -0.2) is 31.0 Å². The Balaban J connectivity index is 1.89. The van der Waals surface area contributed by atoms with Gasteiger partial charge in [0.1, 0.15) is 12.4 Å². The number of amides is 1. The molecule has 21 heavy (non-hydrogen) atoms. The molecule has 2 aromatic carbocycles. The maximum Gasteiger partial charge on any atom is 0.253 e. The molecule has 110 valence electrons. The predicted molar refractivity (Wildman–Crippen MR) is 88.0 cm³/mol. The van der Waals surface area contributed by atoms with E-state index in [1.54, 1.807) is 30.1 Å². The molecule has 1 amide bonds. The summed E-state index contributed by atoms with van der Waals surface area (Å²) in [4.78, 5) is 13.9. The van der Waals surface area contributed by atoms with E-state index in [-0.39, 0.29) is 5.91 Å². The number of rotatable bonds is 5. The molecule has 2 aromatic rings. The van der Waals surface area contributed by atoms with Crippen LogP contribution in [0.25, 0.3) is 0 Å². The summed E-state index contributed by atoms with van der Waals surface area (Å²) in [6.07, 6.45) is 0. The number of halogens is 2. The van der Waals surface area contributed by atoms with E-state index in [9.17, 15) is 4.79 Å². The van der Waals surface area contributed by atoms with E-state index in [0.717, 1.165) is 5.75 Å². The van der Waals surface area contributed by atoms with Crippen molar-refractivity contribution in [3.63, 3.8) is 0 Å². The summed E-state index contributed by atoms with van der Waals surface area (Å²) >= 11 is 9.24. The quantitative estimate of drug-likeness (QED) is 0.789. The molecule has 0 saturated heterocycles. The monoisotopic (exact) mass is 367 g/mol. The number of ether oxygens (including phenoxy) is 1. The number of hydrogen-bond acceptors (Lipinski definition) is 2. The highest BCUT2D eigenvalue weighted by Gasteiger charge is 2.12. The maximum absolute atomic E-state index is 12.3. The lowest BCUT2D eigenvalue weighted by Gasteiger charge is -2.18. The molecule has 0 bridgehead atoms. The first-order valence-electron chi connectivity index (χ1n) is 6.46. The molecule has 0 radical (unpaired) electrons. The van der Waals surface area contributed by atoms with Crippen molar-refractivity contribution in [2.24, 2.45) is 0 Å². The minimum absolute atomic E-state index is 0.0657. The second-order valence-corrected chi connectivity index (χ2v) is 5.78. The Morgan fingerprint density at radius 2 is 1.95 bits per heavy atom. The van der Waals surface area contributed by atoms with Gasteiger partial charge in [-0.1, -0.05) is 29.8 Å². The van der Waals surface area contributed by atoms with Crippen LogP contribution in [0.4, 0.5) is 0 Å². The molecular formula is C16H15BrClNO2. The van der Waals surface area contributed by atoms with Crippen LogP contribution in [0, 0.1) is 0 Å². The van der Waals surface area contributed by atoms with Gasteiger partial charge in [0.2, 0.25) is 0 Å². The van der Waals surface area contributed by atoms with Gasteiger partial charge in [0.15, 0.2) is 0 Å². The number of hydrogen-bond donors (Lipinski definition) is 0. The number of benzene rings is 2. The molecule has 0 unspecified atom stereocenters. The zero-order valence-corrected chi connectivity index (χ0v) is 13.9. The van der Waals surface area contributed by atoms with Gasteiger partial charge in [-0.3, -0.25) is 4.79 Å². The summed E-state index contributed by atoms with van der Waals surface area (Å²) in [5.74, 6) is 0.733. The number of nitrogens with zero attached hydrogens (tertiary/aromatic N) is 1. The molecule has 3 nitrogen and oxygen atoms in total. The molecule has 0 fully saturated rings. The van der Waals surface area contributed by atoms with Crippen LogP contribution >= 0.6 is 27.5 Å². The van der Waals surface area contributed by atoms with Gasteiger partial charge in [0.05, 0.1) is 11.6 Å². The van der Waals surface area contributed by atoms with Gasteiger partial charge in [-0.05, 0) is 46.3 Å². The van der Waals surface area contributed by atoms with Gasteiger partial charge < -0.3 is 9.64 Å². The van der Waals surface area contributed by atoms with Crippen molar-refractivity contribution in [3.8, 4) is 5.75 Å². The molecule has 0 aliphatic rings. The van der Waals surface area contributed by atoms with E-state index in [1.807, 2.05) is 30.3 Å². The highest BCUT2D eigenvalue weighted by atomic mass is 79.9. The Morgan fingerprint density at radius 3 is 2.62 bits per heavy atom. The smallest absolute Gasteiger partial charge is 0.253 e. The van der Waals surface area contributed by atoms with Crippen molar-refractivity contribution in [1.29, 1.82) is 0 Å². The second-order valence-electron chi connectivity index (χ2n) is 4.52. The van der Waals surface area contributed by atoms with Gasteiger partial charge in [-0.25, -0.2) is 0 Å². The van der Waals surface area contributed by atoms with Crippen LogP contribution in [-0.2, 0) is 0 Å². The van der Waals surface area contributed by atoms with Crippen molar-refractivity contribution >= 4 is 33.4 Å². The fourth-order valence-corrected chi connectivity index (χ4v) is 2.26. The lowest BCUT2D eigenvalue weighted by Crippen LogP contribution is -2.30. The van der Waals surface area contributed by atoms with Crippen LogP contribution in [0.3, 0.4) is 0 Å². The van der Waals surface area contributed by atoms with Crippen molar-refractivity contribution in [2.75, 3.05) is 20.2 Å². The average molecular weight is 369 g/mol. The van der Waals surface area contributed by atoms with Gasteiger partial charge >= 0.3 is 0 Å². The SMILES string of the molecule is CN(CCOc1ccccc1)C(=O)c1ccc(Cl)c(Br)c1. The zero-order chi connectivity index (χ0) is 15.2. The summed E-state index contributed by atoms with van der Waals surface area (Å²) in [6, 6.07) is 14.7. The highest BCUT2D eigenvalue weighted by molar-refractivity contribution is 9.10. The van der Waals surface area contributed by atoms with Crippen molar-refractivity contribution in [2.45, 2.75) is 0 Å². The minimum Gasteiger partial charge on any atom is -0.492 e. The van der Waals surface area contributed by atoms with E-state index >= 15 is 0 Å². The molecule has 0 heterocycles. The van der Waals surface area contributed by atoms with Crippen LogP contribution < -0.4 is 4.74 Å². The number of carbonyl (C=O) groups is 1. The van der Waals surface area contributed by atoms with Crippen LogP contribution in [0.5, 0.6) is 5.75 Å². The number of para-hydroxylation sites is 1. The third-order valence-electron chi connectivity index (χ3n) is 2.95. The van der Waals surface area contributed by atoms with Crippen LogP contribution in [0.1, 0.15) is 10.4 Å². The highest BCUT2D eigenvalue weighted by Crippen LogP contribution is 2.23. The Bertz CT molecular complexity index is 619. The van der Waals surface area contributed by atoms with E-state index in [4.69, 9.17) is 16.3 Å². The molecule has 0 aliphatic carbocycles. The first-order chi connectivity index (χ1) is 10.1. The van der Waals surface area contributed by atoms with Gasteiger partial charge in [-0.15, -0.1) is 0 Å². The van der Waals surface area contributed by atoms with Crippen molar-refractivity contribution in [3.05, 3.63) is 63.6 Å². The number of likely N-dealkylation sites (N-methyl/N-ethyl adjacent to an activating group) is 1. The molecule has 0 N–H and O–H groups in total. The third kappa shape index (κ3) is 4.48. The van der Waals surface area contributed by atoms with E-state index in [0.29, 0.717) is 28.2 Å². The summed E-state index contributed by atoms with van der Waals surface area (Å²) in [6.45, 7) is 0.953. The molecule has 0 aromatic heterocycles. The maximum atomic E-state index is 12.3. The predicted octanol–water partition coefficient (Wildman–Crippen LogP) is 4.25. The molecular weight excluding hydrogens is 354 g/mol. The van der Waals surface area contributed by atoms with Gasteiger partial charge in [0.25, 0.3) is 5.91 Å². The summed E-state index contributed by atoms with van der Waals surface area (Å²) in [5, 5.41) is 0.585. The lowest BCUT2D eigenvalue weighted by molar-refractivity contribution is 0.0773. The van der Waals surface area contributed by atoms with Gasteiger partial charge in [0, 0.05) is 17.1 Å². The normalized spacial score (nSPS) is 10.2. The fraction of sp³-hybridized carbons (Fsp3) is 0.188. The fourth-order valence-electron chi connectivity index (χ4n) is 1.77. The Hall–Kier alpha value is -1.52. The van der Waals surface area contributed by atoms with Crippen LogP contribution in [0.15, 0.2) is 53.0 Å². The van der Waals surface area contributed by atoms with Crippen molar-refractivity contribution in [1.82, 2.24) is 4.90 Å². The first-order valence-corrected chi connectivity index (χ1v) is 7.63. The topological polar surface area (TPSA) is 29.5 Å². The largest absolute Gasteiger partial charge is 0.492 e. The minimum atomic E-state index is -0.0657. The number of carbonyl (C=O) groups excluding carboxylic acids is 1. The summed E-state index contributed by atoms with van der Waals surface area (Å²) in [5.41, 5.74) is 0.591. The molecule has 2 rings (SSSR count). The van der Waals surface area contributed by atoms with Crippen LogP contribution in [0.2, 0.25) is 5.02 Å². The van der Waals surface area contributed by atoms with E-state index < -0.39 is 0 Å². The zero-order valence-electron chi connectivity index (χ0n) is 11.6. The lowest BCUT2D eigenvalue weighted by atomic mass is 10.2. The standard InChI is InChI=1S/C16H15BrClNO2/c1-19(9-10-21-13-5-3-2-4-6-13)16(20)12-7-8-15(18)14(17)11-12/h2-8,11H,9-10H2,1H3. The van der Waals surface area contributed by atoms with E-state index in [1.165, 1.54) is 0 Å².